The van der Waals surface area contributed by atoms with Crippen molar-refractivity contribution < 1.29 is 0 Å². The van der Waals surface area contributed by atoms with Gasteiger partial charge in [0.1, 0.15) is 11.6 Å². The highest BCUT2D eigenvalue weighted by atomic mass is 15.0. The zero-order valence-electron chi connectivity index (χ0n) is 30.8. The predicted molar refractivity (Wildman–Crippen MR) is 230 cm³/mol. The van der Waals surface area contributed by atoms with Crippen molar-refractivity contribution in [1.29, 1.82) is 21.0 Å². The fraction of sp³-hybridized carbons (Fsp3) is 0. The lowest BCUT2D eigenvalue weighted by atomic mass is 9.98. The van der Waals surface area contributed by atoms with E-state index >= 15 is 0 Å². The molecule has 0 aliphatic rings. The van der Waals surface area contributed by atoms with Crippen LogP contribution in [0.15, 0.2) is 170 Å². The number of para-hydroxylation sites is 2. The number of fused-ring (bicyclic) bond motifs is 6. The average Bonchev–Trinajstić information content (AvgIpc) is 3.80. The Balaban J connectivity index is 1.32. The van der Waals surface area contributed by atoms with E-state index in [4.69, 9.17) is 0 Å². The molecule has 2 aromatic heterocycles. The molecule has 2 heterocycles. The molecule has 10 rings (SSSR count). The quantitative estimate of drug-likeness (QED) is 0.175. The lowest BCUT2D eigenvalue weighted by molar-refractivity contribution is 1.12. The Hall–Kier alpha value is -8.68. The van der Waals surface area contributed by atoms with Crippen LogP contribution in [0.1, 0.15) is 22.3 Å². The lowest BCUT2D eigenvalue weighted by Crippen LogP contribution is -2.05. The van der Waals surface area contributed by atoms with Gasteiger partial charge in [0, 0.05) is 21.5 Å². The molecule has 0 saturated heterocycles. The second-order valence-corrected chi connectivity index (χ2v) is 14.2. The summed E-state index contributed by atoms with van der Waals surface area (Å²) < 4.78 is 4.38. The summed E-state index contributed by atoms with van der Waals surface area (Å²) in [5, 5.41) is 44.4. The van der Waals surface area contributed by atoms with Gasteiger partial charge in [-0.3, -0.25) is 0 Å². The van der Waals surface area contributed by atoms with Crippen molar-refractivity contribution in [3.8, 4) is 69.0 Å². The van der Waals surface area contributed by atoms with E-state index in [2.05, 4.69) is 106 Å². The van der Waals surface area contributed by atoms with Crippen molar-refractivity contribution in [2.75, 3.05) is 0 Å². The molecule has 58 heavy (non-hydrogen) atoms. The Morgan fingerprint density at radius 3 is 1.19 bits per heavy atom. The number of rotatable bonds is 5. The zero-order valence-corrected chi connectivity index (χ0v) is 30.8. The second kappa shape index (κ2) is 13.6. The Morgan fingerprint density at radius 2 is 0.724 bits per heavy atom. The number of nitrogens with zero attached hydrogens (tertiary/aromatic N) is 6. The van der Waals surface area contributed by atoms with Crippen LogP contribution in [0.3, 0.4) is 0 Å². The Labute approximate surface area is 333 Å². The highest BCUT2D eigenvalue weighted by Gasteiger charge is 2.23. The largest absolute Gasteiger partial charge is 0.308 e. The predicted octanol–water partition coefficient (Wildman–Crippen LogP) is 12.4. The minimum Gasteiger partial charge on any atom is -0.308 e. The second-order valence-electron chi connectivity index (χ2n) is 14.2. The van der Waals surface area contributed by atoms with Crippen LogP contribution in [-0.2, 0) is 0 Å². The van der Waals surface area contributed by atoms with Crippen LogP contribution in [0.4, 0.5) is 0 Å². The van der Waals surface area contributed by atoms with Crippen LogP contribution in [-0.4, -0.2) is 9.13 Å². The summed E-state index contributed by atoms with van der Waals surface area (Å²) in [5.74, 6) is 0. The number of hydrogen-bond donors (Lipinski definition) is 0. The highest BCUT2D eigenvalue weighted by molar-refractivity contribution is 6.12. The van der Waals surface area contributed by atoms with Gasteiger partial charge in [0.05, 0.1) is 68.3 Å². The molecule has 0 aliphatic carbocycles. The maximum atomic E-state index is 11.4. The van der Waals surface area contributed by atoms with Crippen LogP contribution in [0.5, 0.6) is 0 Å². The van der Waals surface area contributed by atoms with Gasteiger partial charge in [0.2, 0.25) is 0 Å². The first-order valence-electron chi connectivity index (χ1n) is 18.7. The van der Waals surface area contributed by atoms with Crippen molar-refractivity contribution in [2.24, 2.45) is 0 Å². The summed E-state index contributed by atoms with van der Waals surface area (Å²) in [7, 11) is 0. The van der Waals surface area contributed by atoms with E-state index in [1.54, 1.807) is 6.07 Å². The van der Waals surface area contributed by atoms with E-state index in [1.165, 1.54) is 0 Å². The third kappa shape index (κ3) is 5.38. The van der Waals surface area contributed by atoms with Gasteiger partial charge < -0.3 is 9.13 Å². The molecular formula is C52H28N6. The van der Waals surface area contributed by atoms with E-state index in [0.717, 1.165) is 77.0 Å². The SMILES string of the molecule is N#Cc1ccc(-c2ccc3c4ccccc4n(-c4cc(-c5cccc(C#N)c5)cc(-n5c6ccccc6c6ccc(-c7ccc(C#N)cc7)cc65)c4C#N)c3c2)cc1. The van der Waals surface area contributed by atoms with Crippen LogP contribution in [0, 0.1) is 45.3 Å². The maximum absolute atomic E-state index is 11.4. The van der Waals surface area contributed by atoms with Gasteiger partial charge in [-0.25, -0.2) is 0 Å². The minimum absolute atomic E-state index is 0.484. The standard InChI is InChI=1S/C52H28N6/c53-29-33-12-16-36(17-13-33)39-20-22-44-42-8-1-3-10-47(42)57(49(44)25-39)51-27-41(38-7-5-6-35(24-38)31-55)28-52(46(51)32-56)58-48-11-4-2-9-43(48)45-23-21-40(26-50(45)58)37-18-14-34(30-54)15-19-37/h1-28H. The van der Waals surface area contributed by atoms with Gasteiger partial charge in [-0.05, 0) is 106 Å². The molecule has 0 bridgehead atoms. The van der Waals surface area contributed by atoms with Crippen molar-refractivity contribution in [2.45, 2.75) is 0 Å². The summed E-state index contributed by atoms with van der Waals surface area (Å²) in [6, 6.07) is 65.5. The van der Waals surface area contributed by atoms with E-state index in [-0.39, 0.29) is 0 Å². The highest BCUT2D eigenvalue weighted by Crippen LogP contribution is 2.42. The van der Waals surface area contributed by atoms with Gasteiger partial charge >= 0.3 is 0 Å². The van der Waals surface area contributed by atoms with Crippen molar-refractivity contribution in [1.82, 2.24) is 9.13 Å². The topological polar surface area (TPSA) is 105 Å². The smallest absolute Gasteiger partial charge is 0.104 e. The summed E-state index contributed by atoms with van der Waals surface area (Å²) in [4.78, 5) is 0. The van der Waals surface area contributed by atoms with Crippen LogP contribution in [0.25, 0.3) is 88.4 Å². The van der Waals surface area contributed by atoms with Crippen molar-refractivity contribution in [3.05, 3.63) is 192 Å². The molecule has 0 amide bonds. The number of nitriles is 4. The van der Waals surface area contributed by atoms with E-state index < -0.39 is 0 Å². The first kappa shape index (κ1) is 33.9. The number of benzene rings is 8. The van der Waals surface area contributed by atoms with Gasteiger partial charge in [0.15, 0.2) is 0 Å². The monoisotopic (exact) mass is 736 g/mol. The van der Waals surface area contributed by atoms with Gasteiger partial charge in [-0.2, -0.15) is 21.0 Å². The van der Waals surface area contributed by atoms with Crippen LogP contribution in [0.2, 0.25) is 0 Å². The minimum atomic E-state index is 0.484. The fourth-order valence-corrected chi connectivity index (χ4v) is 8.31. The Bertz CT molecular complexity index is 3290. The van der Waals surface area contributed by atoms with Crippen molar-refractivity contribution >= 4 is 43.6 Å². The molecule has 0 spiro atoms. The number of aromatic nitrogens is 2. The normalized spacial score (nSPS) is 11.0. The molecule has 0 aliphatic heterocycles. The summed E-state index contributed by atoms with van der Waals surface area (Å²) in [5.41, 5.74) is 13.0. The summed E-state index contributed by atoms with van der Waals surface area (Å²) in [6.07, 6.45) is 0. The third-order valence-corrected chi connectivity index (χ3v) is 11.1. The molecule has 0 fully saturated rings. The summed E-state index contributed by atoms with van der Waals surface area (Å²) in [6.45, 7) is 0. The molecule has 10 aromatic rings. The average molecular weight is 737 g/mol. The lowest BCUT2D eigenvalue weighted by Gasteiger charge is -2.19. The Morgan fingerprint density at radius 1 is 0.293 bits per heavy atom. The number of hydrogen-bond acceptors (Lipinski definition) is 4. The molecule has 266 valence electrons. The van der Waals surface area contributed by atoms with E-state index in [1.807, 2.05) is 91.0 Å². The van der Waals surface area contributed by atoms with Crippen LogP contribution >= 0.6 is 0 Å². The first-order chi connectivity index (χ1) is 28.6. The maximum Gasteiger partial charge on any atom is 0.104 e. The fourth-order valence-electron chi connectivity index (χ4n) is 8.31. The van der Waals surface area contributed by atoms with Crippen molar-refractivity contribution in [3.63, 3.8) is 0 Å². The molecule has 6 nitrogen and oxygen atoms in total. The van der Waals surface area contributed by atoms with Crippen LogP contribution < -0.4 is 0 Å². The molecule has 0 N–H and O–H groups in total. The van der Waals surface area contributed by atoms with E-state index in [0.29, 0.717) is 33.6 Å². The molecule has 0 atom stereocenters. The first-order valence-corrected chi connectivity index (χ1v) is 18.7. The van der Waals surface area contributed by atoms with Gasteiger partial charge in [-0.15, -0.1) is 0 Å². The Kier molecular flexibility index (Phi) is 7.92. The molecule has 0 radical (unpaired) electrons. The van der Waals surface area contributed by atoms with Gasteiger partial charge in [0.25, 0.3) is 0 Å². The molecule has 0 unspecified atom stereocenters. The summed E-state index contributed by atoms with van der Waals surface area (Å²) >= 11 is 0. The molecular weight excluding hydrogens is 709 g/mol. The zero-order chi connectivity index (χ0) is 39.3. The molecule has 8 aromatic carbocycles. The molecule has 0 saturated carbocycles. The third-order valence-electron chi connectivity index (χ3n) is 11.1. The van der Waals surface area contributed by atoms with Gasteiger partial charge in [-0.1, -0.05) is 97.1 Å². The van der Waals surface area contributed by atoms with E-state index in [9.17, 15) is 21.0 Å². The molecule has 6 heteroatoms.